The molecule has 1 N–H and O–H groups in total. The molecule has 0 aromatic heterocycles. The van der Waals surface area contributed by atoms with Crippen molar-refractivity contribution in [1.82, 2.24) is 0 Å². The Bertz CT molecular complexity index is 416. The molecule has 0 unspecified atom stereocenters. The molecule has 0 aliphatic heterocycles. The minimum atomic E-state index is -0.509. The van der Waals surface area contributed by atoms with Crippen molar-refractivity contribution in [1.29, 1.82) is 0 Å². The van der Waals surface area contributed by atoms with Crippen LogP contribution in [0, 0.1) is 5.41 Å². The minimum Gasteiger partial charge on any atom is -0.461 e. The van der Waals surface area contributed by atoms with Gasteiger partial charge in [0.1, 0.15) is 0 Å². The molecule has 0 aliphatic carbocycles. The molecule has 98 valence electrons. The molecule has 1 aromatic carbocycles. The molecule has 0 saturated heterocycles. The zero-order valence-electron chi connectivity index (χ0n) is 10.4. The quantitative estimate of drug-likeness (QED) is 0.821. The maximum Gasteiger partial charge on any atom is 0.338 e. The Hall–Kier alpha value is -1.13. The molecule has 0 aliphatic rings. The van der Waals surface area contributed by atoms with Gasteiger partial charge in [0.05, 0.1) is 18.8 Å². The molecule has 1 aromatic rings. The maximum absolute atomic E-state index is 11.8. The molecule has 0 fully saturated rings. The molecule has 0 bridgehead atoms. The van der Waals surface area contributed by atoms with Gasteiger partial charge >= 0.3 is 5.97 Å². The average molecular weight is 313 g/mol. The van der Waals surface area contributed by atoms with Gasteiger partial charge in [0.2, 0.25) is 0 Å². The second-order valence-electron chi connectivity index (χ2n) is 4.60. The van der Waals surface area contributed by atoms with E-state index in [2.05, 4.69) is 22.5 Å². The first-order valence-corrected chi connectivity index (χ1v) is 6.42. The first kappa shape index (κ1) is 14.9. The smallest absolute Gasteiger partial charge is 0.338 e. The Morgan fingerprint density at radius 2 is 2.06 bits per heavy atom. The molecule has 0 saturated carbocycles. The minimum absolute atomic E-state index is 0.0698. The zero-order chi connectivity index (χ0) is 13.6. The van der Waals surface area contributed by atoms with E-state index in [4.69, 9.17) is 4.74 Å². The number of aliphatic hydroxyl groups excluding tert-OH is 1. The lowest BCUT2D eigenvalue weighted by Crippen LogP contribution is -2.29. The summed E-state index contributed by atoms with van der Waals surface area (Å²) in [6.07, 6.45) is 0.547. The van der Waals surface area contributed by atoms with Crippen molar-refractivity contribution in [2.45, 2.75) is 13.3 Å². The Kier molecular flexibility index (Phi) is 5.56. The first-order chi connectivity index (χ1) is 8.47. The van der Waals surface area contributed by atoms with Gasteiger partial charge in [-0.3, -0.25) is 0 Å². The van der Waals surface area contributed by atoms with Gasteiger partial charge in [0.15, 0.2) is 0 Å². The third kappa shape index (κ3) is 4.63. The standard InChI is InChI=1S/C14H17BrO3/c1-11(15)8-14(2,9-16)10-18-13(17)12-6-4-3-5-7-12/h3-7,16H,1,8-10H2,2H3/t14-/m0/s1. The van der Waals surface area contributed by atoms with E-state index in [-0.39, 0.29) is 19.2 Å². The molecule has 0 radical (unpaired) electrons. The van der Waals surface area contributed by atoms with Gasteiger partial charge in [-0.1, -0.05) is 47.6 Å². The van der Waals surface area contributed by atoms with Gasteiger partial charge in [-0.15, -0.1) is 0 Å². The van der Waals surface area contributed by atoms with E-state index in [1.165, 1.54) is 0 Å². The number of halogens is 1. The monoisotopic (exact) mass is 312 g/mol. The summed E-state index contributed by atoms with van der Waals surface area (Å²) in [7, 11) is 0. The summed E-state index contributed by atoms with van der Waals surface area (Å²) in [4.78, 5) is 11.8. The highest BCUT2D eigenvalue weighted by atomic mass is 79.9. The van der Waals surface area contributed by atoms with E-state index in [1.54, 1.807) is 24.3 Å². The highest BCUT2D eigenvalue weighted by Gasteiger charge is 2.26. The number of rotatable bonds is 6. The van der Waals surface area contributed by atoms with Gasteiger partial charge in [0, 0.05) is 5.41 Å². The van der Waals surface area contributed by atoms with Crippen LogP contribution in [0.4, 0.5) is 0 Å². The summed E-state index contributed by atoms with van der Waals surface area (Å²) in [5, 5.41) is 9.36. The molecule has 0 spiro atoms. The summed E-state index contributed by atoms with van der Waals surface area (Å²) in [6, 6.07) is 8.79. The second-order valence-corrected chi connectivity index (χ2v) is 5.73. The predicted octanol–water partition coefficient (Wildman–Crippen LogP) is 3.14. The van der Waals surface area contributed by atoms with Crippen molar-refractivity contribution in [2.24, 2.45) is 5.41 Å². The van der Waals surface area contributed by atoms with Crippen molar-refractivity contribution >= 4 is 21.9 Å². The molecule has 4 heteroatoms. The van der Waals surface area contributed by atoms with E-state index >= 15 is 0 Å². The zero-order valence-corrected chi connectivity index (χ0v) is 11.9. The fourth-order valence-electron chi connectivity index (χ4n) is 1.51. The summed E-state index contributed by atoms with van der Waals surface area (Å²) >= 11 is 3.26. The Labute approximate surface area is 116 Å². The van der Waals surface area contributed by atoms with E-state index < -0.39 is 5.41 Å². The molecule has 0 amide bonds. The number of carbonyl (C=O) groups excluding carboxylic acids is 1. The number of hydrogen-bond acceptors (Lipinski definition) is 3. The van der Waals surface area contributed by atoms with Gasteiger partial charge in [-0.2, -0.15) is 0 Å². The number of ether oxygens (including phenoxy) is 1. The highest BCUT2D eigenvalue weighted by Crippen LogP contribution is 2.28. The number of allylic oxidation sites excluding steroid dienone is 1. The van der Waals surface area contributed by atoms with Crippen molar-refractivity contribution in [3.8, 4) is 0 Å². The van der Waals surface area contributed by atoms with Crippen LogP contribution in [0.15, 0.2) is 41.4 Å². The Balaban J connectivity index is 2.58. The second kappa shape index (κ2) is 6.71. The van der Waals surface area contributed by atoms with E-state index in [0.29, 0.717) is 12.0 Å². The number of esters is 1. The average Bonchev–Trinajstić information content (AvgIpc) is 2.36. The van der Waals surface area contributed by atoms with E-state index in [1.807, 2.05) is 13.0 Å². The van der Waals surface area contributed by atoms with Crippen molar-refractivity contribution in [3.63, 3.8) is 0 Å². The van der Waals surface area contributed by atoms with Crippen LogP contribution in [0.3, 0.4) is 0 Å². The van der Waals surface area contributed by atoms with Gasteiger partial charge in [0.25, 0.3) is 0 Å². The largest absolute Gasteiger partial charge is 0.461 e. The van der Waals surface area contributed by atoms with Crippen LogP contribution in [-0.4, -0.2) is 24.3 Å². The summed E-state index contributed by atoms with van der Waals surface area (Å²) in [5.74, 6) is -0.379. The molecule has 0 heterocycles. The van der Waals surface area contributed by atoms with Crippen LogP contribution in [0.25, 0.3) is 0 Å². The van der Waals surface area contributed by atoms with Crippen molar-refractivity contribution in [3.05, 3.63) is 47.0 Å². The van der Waals surface area contributed by atoms with Crippen molar-refractivity contribution in [2.75, 3.05) is 13.2 Å². The lowest BCUT2D eigenvalue weighted by atomic mass is 9.89. The van der Waals surface area contributed by atoms with Crippen LogP contribution in [0.5, 0.6) is 0 Å². The fourth-order valence-corrected chi connectivity index (χ4v) is 2.19. The van der Waals surface area contributed by atoms with Crippen LogP contribution in [0.2, 0.25) is 0 Å². The molecule has 1 atom stereocenters. The van der Waals surface area contributed by atoms with Crippen molar-refractivity contribution < 1.29 is 14.6 Å². The fraction of sp³-hybridized carbons (Fsp3) is 0.357. The Morgan fingerprint density at radius 3 is 2.56 bits per heavy atom. The van der Waals surface area contributed by atoms with E-state index in [0.717, 1.165) is 4.48 Å². The number of carbonyl (C=O) groups is 1. The molecular weight excluding hydrogens is 296 g/mol. The topological polar surface area (TPSA) is 46.5 Å². The summed E-state index contributed by atoms with van der Waals surface area (Å²) in [5.41, 5.74) is 0.000779. The lowest BCUT2D eigenvalue weighted by Gasteiger charge is -2.26. The van der Waals surface area contributed by atoms with Crippen LogP contribution >= 0.6 is 15.9 Å². The summed E-state index contributed by atoms with van der Waals surface area (Å²) in [6.45, 7) is 5.67. The SMILES string of the molecule is C=C(Br)C[C@@](C)(CO)COC(=O)c1ccccc1. The third-order valence-electron chi connectivity index (χ3n) is 2.56. The summed E-state index contributed by atoms with van der Waals surface area (Å²) < 4.78 is 6.00. The molecule has 1 rings (SSSR count). The highest BCUT2D eigenvalue weighted by molar-refractivity contribution is 9.11. The number of aliphatic hydroxyl groups is 1. The number of benzene rings is 1. The van der Waals surface area contributed by atoms with Gasteiger partial charge in [-0.05, 0) is 23.0 Å². The third-order valence-corrected chi connectivity index (χ3v) is 2.84. The first-order valence-electron chi connectivity index (χ1n) is 5.63. The van der Waals surface area contributed by atoms with Gasteiger partial charge in [-0.25, -0.2) is 4.79 Å². The number of hydrogen-bond donors (Lipinski definition) is 1. The molecule has 3 nitrogen and oxygen atoms in total. The van der Waals surface area contributed by atoms with E-state index in [9.17, 15) is 9.90 Å². The van der Waals surface area contributed by atoms with Crippen LogP contribution in [0.1, 0.15) is 23.7 Å². The lowest BCUT2D eigenvalue weighted by molar-refractivity contribution is 0.0170. The predicted molar refractivity (Wildman–Crippen MR) is 74.6 cm³/mol. The molecular formula is C14H17BrO3. The maximum atomic E-state index is 11.8. The Morgan fingerprint density at radius 1 is 1.44 bits per heavy atom. The normalized spacial score (nSPS) is 13.7. The van der Waals surface area contributed by atoms with Crippen LogP contribution in [-0.2, 0) is 4.74 Å². The molecule has 18 heavy (non-hydrogen) atoms. The van der Waals surface area contributed by atoms with Crippen LogP contribution < -0.4 is 0 Å². The van der Waals surface area contributed by atoms with Gasteiger partial charge < -0.3 is 9.84 Å².